The third kappa shape index (κ3) is 4.70. The summed E-state index contributed by atoms with van der Waals surface area (Å²) in [5, 5.41) is 9.33. The number of thioether (sulfide) groups is 1. The predicted molar refractivity (Wildman–Crippen MR) is 53.1 cm³/mol. The van der Waals surface area contributed by atoms with Crippen LogP contribution in [0.25, 0.3) is 0 Å². The molecule has 0 saturated heterocycles. The van der Waals surface area contributed by atoms with E-state index in [0.29, 0.717) is 17.3 Å². The molecule has 0 aromatic heterocycles. The lowest BCUT2D eigenvalue weighted by Crippen LogP contribution is -2.23. The van der Waals surface area contributed by atoms with Crippen LogP contribution in [0, 0.1) is 5.41 Å². The van der Waals surface area contributed by atoms with Gasteiger partial charge in [-0.15, -0.1) is 0 Å². The van der Waals surface area contributed by atoms with E-state index in [1.54, 1.807) is 0 Å². The second-order valence-electron chi connectivity index (χ2n) is 3.86. The van der Waals surface area contributed by atoms with Crippen molar-refractivity contribution in [3.8, 4) is 0 Å². The Morgan fingerprint density at radius 3 is 2.18 bits per heavy atom. The van der Waals surface area contributed by atoms with Crippen LogP contribution < -0.4 is 0 Å². The fourth-order valence-electron chi connectivity index (χ4n) is 1.18. The van der Waals surface area contributed by atoms with Gasteiger partial charge in [-0.2, -0.15) is 11.8 Å². The van der Waals surface area contributed by atoms with Crippen molar-refractivity contribution in [2.45, 2.75) is 39.4 Å². The Morgan fingerprint density at radius 1 is 1.36 bits per heavy atom. The smallest absolute Gasteiger partial charge is 0.0521 e. The maximum atomic E-state index is 8.66. The van der Waals surface area contributed by atoms with Gasteiger partial charge in [0.1, 0.15) is 0 Å². The second-order valence-corrected chi connectivity index (χ2v) is 5.17. The van der Waals surface area contributed by atoms with Gasteiger partial charge in [0.2, 0.25) is 0 Å². The molecule has 0 rings (SSSR count). The Hall–Kier alpha value is 0.310. The van der Waals surface area contributed by atoms with Gasteiger partial charge in [0.15, 0.2) is 0 Å². The molecule has 0 saturated carbocycles. The molecule has 0 spiro atoms. The van der Waals surface area contributed by atoms with Crippen molar-refractivity contribution < 1.29 is 5.11 Å². The normalized spacial score (nSPS) is 15.0. The van der Waals surface area contributed by atoms with Gasteiger partial charge in [0, 0.05) is 11.0 Å². The van der Waals surface area contributed by atoms with Crippen molar-refractivity contribution in [3.05, 3.63) is 0 Å². The number of aliphatic hydroxyl groups excluding tert-OH is 1. The van der Waals surface area contributed by atoms with Crippen molar-refractivity contribution >= 4 is 11.8 Å². The van der Waals surface area contributed by atoms with Gasteiger partial charge in [-0.25, -0.2) is 0 Å². The lowest BCUT2D eigenvalue weighted by Gasteiger charge is -2.28. The van der Waals surface area contributed by atoms with Crippen LogP contribution in [0.5, 0.6) is 0 Å². The standard InChI is InChI=1S/C9H20OS/c1-5-8(9(2,3)4)11-7-6-10/h8,10H,5-7H2,1-4H3. The summed E-state index contributed by atoms with van der Waals surface area (Å²) in [5.41, 5.74) is 0.370. The summed E-state index contributed by atoms with van der Waals surface area (Å²) in [7, 11) is 0. The van der Waals surface area contributed by atoms with Gasteiger partial charge in [0.25, 0.3) is 0 Å². The molecule has 1 nitrogen and oxygen atoms in total. The minimum Gasteiger partial charge on any atom is -0.396 e. The second kappa shape index (κ2) is 5.04. The van der Waals surface area contributed by atoms with Gasteiger partial charge in [0.05, 0.1) is 6.61 Å². The minimum atomic E-state index is 0.303. The van der Waals surface area contributed by atoms with E-state index >= 15 is 0 Å². The molecule has 0 heterocycles. The number of aliphatic hydroxyl groups is 1. The zero-order valence-corrected chi connectivity index (χ0v) is 8.87. The van der Waals surface area contributed by atoms with Crippen LogP contribution in [0.4, 0.5) is 0 Å². The highest BCUT2D eigenvalue weighted by Crippen LogP contribution is 2.32. The van der Waals surface area contributed by atoms with Crippen LogP contribution >= 0.6 is 11.8 Å². The number of hydrogen-bond donors (Lipinski definition) is 1. The highest BCUT2D eigenvalue weighted by Gasteiger charge is 2.22. The SMILES string of the molecule is CCC(SCCO)C(C)(C)C. The summed E-state index contributed by atoms with van der Waals surface area (Å²) in [6.07, 6.45) is 1.19. The van der Waals surface area contributed by atoms with E-state index in [2.05, 4.69) is 27.7 Å². The molecule has 0 aliphatic carbocycles. The summed E-state index contributed by atoms with van der Waals surface area (Å²) >= 11 is 1.88. The van der Waals surface area contributed by atoms with Gasteiger partial charge >= 0.3 is 0 Å². The molecule has 0 aliphatic rings. The van der Waals surface area contributed by atoms with Crippen molar-refractivity contribution in [1.29, 1.82) is 0 Å². The lowest BCUT2D eigenvalue weighted by atomic mass is 9.90. The van der Waals surface area contributed by atoms with Crippen LogP contribution in [0.1, 0.15) is 34.1 Å². The monoisotopic (exact) mass is 176 g/mol. The van der Waals surface area contributed by atoms with Gasteiger partial charge < -0.3 is 5.11 Å². The molecule has 0 radical (unpaired) electrons. The summed E-state index contributed by atoms with van der Waals surface area (Å²) in [6, 6.07) is 0. The van der Waals surface area contributed by atoms with Crippen LogP contribution in [0.3, 0.4) is 0 Å². The lowest BCUT2D eigenvalue weighted by molar-refractivity contribution is 0.321. The molecule has 0 aliphatic heterocycles. The Morgan fingerprint density at radius 2 is 1.91 bits per heavy atom. The first-order valence-electron chi connectivity index (χ1n) is 4.24. The van der Waals surface area contributed by atoms with E-state index in [0.717, 1.165) is 5.75 Å². The Labute approximate surface area is 74.6 Å². The van der Waals surface area contributed by atoms with E-state index in [-0.39, 0.29) is 0 Å². The summed E-state index contributed by atoms with van der Waals surface area (Å²) in [6.45, 7) is 9.28. The first-order valence-corrected chi connectivity index (χ1v) is 5.29. The largest absolute Gasteiger partial charge is 0.396 e. The Balaban J connectivity index is 3.76. The van der Waals surface area contributed by atoms with E-state index in [4.69, 9.17) is 5.11 Å². The fourth-order valence-corrected chi connectivity index (χ4v) is 2.30. The molecular weight excluding hydrogens is 156 g/mol. The van der Waals surface area contributed by atoms with E-state index in [1.807, 2.05) is 11.8 Å². The summed E-state index contributed by atoms with van der Waals surface area (Å²) < 4.78 is 0. The molecule has 0 aromatic rings. The van der Waals surface area contributed by atoms with E-state index in [1.165, 1.54) is 6.42 Å². The minimum absolute atomic E-state index is 0.303. The molecule has 1 unspecified atom stereocenters. The zero-order chi connectivity index (χ0) is 8.91. The van der Waals surface area contributed by atoms with Gasteiger partial charge in [-0.05, 0) is 11.8 Å². The third-order valence-corrected chi connectivity index (χ3v) is 3.61. The summed E-state index contributed by atoms with van der Waals surface area (Å²) in [4.78, 5) is 0. The molecular formula is C9H20OS. The van der Waals surface area contributed by atoms with Crippen LogP contribution in [0.15, 0.2) is 0 Å². The number of rotatable bonds is 4. The molecule has 11 heavy (non-hydrogen) atoms. The molecule has 68 valence electrons. The van der Waals surface area contributed by atoms with E-state index in [9.17, 15) is 0 Å². The highest BCUT2D eigenvalue weighted by atomic mass is 32.2. The van der Waals surface area contributed by atoms with Crippen LogP contribution in [-0.2, 0) is 0 Å². The molecule has 0 amide bonds. The first kappa shape index (κ1) is 11.3. The fraction of sp³-hybridized carbons (Fsp3) is 1.00. The van der Waals surface area contributed by atoms with Crippen molar-refractivity contribution in [1.82, 2.24) is 0 Å². The molecule has 0 fully saturated rings. The van der Waals surface area contributed by atoms with Crippen molar-refractivity contribution in [2.24, 2.45) is 5.41 Å². The zero-order valence-electron chi connectivity index (χ0n) is 8.05. The van der Waals surface area contributed by atoms with E-state index < -0.39 is 0 Å². The molecule has 1 atom stereocenters. The Bertz CT molecular complexity index is 96.2. The van der Waals surface area contributed by atoms with Crippen LogP contribution in [-0.4, -0.2) is 22.7 Å². The predicted octanol–water partition coefficient (Wildman–Crippen LogP) is 2.54. The van der Waals surface area contributed by atoms with Gasteiger partial charge in [-0.3, -0.25) is 0 Å². The summed E-state index contributed by atoms with van der Waals surface area (Å²) in [5.74, 6) is 0.871. The van der Waals surface area contributed by atoms with Gasteiger partial charge in [-0.1, -0.05) is 27.7 Å². The third-order valence-electron chi connectivity index (χ3n) is 1.75. The van der Waals surface area contributed by atoms with Crippen molar-refractivity contribution in [2.75, 3.05) is 12.4 Å². The average Bonchev–Trinajstić information content (AvgIpc) is 1.87. The number of hydrogen-bond acceptors (Lipinski definition) is 2. The first-order chi connectivity index (χ1) is 5.02. The topological polar surface area (TPSA) is 20.2 Å². The Kier molecular flexibility index (Phi) is 5.19. The molecule has 0 aromatic carbocycles. The maximum Gasteiger partial charge on any atom is 0.0521 e. The average molecular weight is 176 g/mol. The highest BCUT2D eigenvalue weighted by molar-refractivity contribution is 7.99. The van der Waals surface area contributed by atoms with Crippen molar-refractivity contribution in [3.63, 3.8) is 0 Å². The maximum absolute atomic E-state index is 8.66. The molecule has 2 heteroatoms. The van der Waals surface area contributed by atoms with Crippen LogP contribution in [0.2, 0.25) is 0 Å². The molecule has 1 N–H and O–H groups in total. The quantitative estimate of drug-likeness (QED) is 0.710. The molecule has 0 bridgehead atoms.